The molecule has 3 rings (SSSR count). The van der Waals surface area contributed by atoms with Crippen LogP contribution in [0, 0.1) is 0 Å². The van der Waals surface area contributed by atoms with Gasteiger partial charge in [-0.25, -0.2) is 4.98 Å². The topological polar surface area (TPSA) is 74.5 Å². The number of rotatable bonds is 5. The van der Waals surface area contributed by atoms with E-state index < -0.39 is 5.97 Å². The summed E-state index contributed by atoms with van der Waals surface area (Å²) in [5.74, 6) is 0.777. The van der Waals surface area contributed by atoms with Gasteiger partial charge in [-0.05, 0) is 25.1 Å². The molecular formula is C16H14ClN2NaO4S. The number of aromatic nitrogens is 2. The van der Waals surface area contributed by atoms with Crippen LogP contribution in [0.1, 0.15) is 15.3 Å². The van der Waals surface area contributed by atoms with E-state index in [1.807, 2.05) is 6.92 Å². The van der Waals surface area contributed by atoms with E-state index >= 15 is 0 Å². The molecule has 0 saturated carbocycles. The van der Waals surface area contributed by atoms with Crippen LogP contribution in [0.25, 0.3) is 22.1 Å². The fraction of sp³-hybridized carbons (Fsp3) is 0.188. The number of esters is 1. The van der Waals surface area contributed by atoms with Gasteiger partial charge in [-0.1, -0.05) is 11.6 Å². The Kier molecular flexibility index (Phi) is 7.04. The van der Waals surface area contributed by atoms with Crippen LogP contribution in [-0.2, 0) is 4.79 Å². The van der Waals surface area contributed by atoms with Crippen LogP contribution in [0.5, 0.6) is 11.8 Å². The molecule has 0 aliphatic rings. The largest absolute Gasteiger partial charge is 1.00 e. The Morgan fingerprint density at radius 3 is 2.72 bits per heavy atom. The fourth-order valence-corrected chi connectivity index (χ4v) is 2.98. The van der Waals surface area contributed by atoms with Gasteiger partial charge in [0.05, 0.1) is 21.4 Å². The Morgan fingerprint density at radius 2 is 2.16 bits per heavy atom. The number of oxazole rings is 1. The van der Waals surface area contributed by atoms with Gasteiger partial charge in [0, 0.05) is 19.2 Å². The van der Waals surface area contributed by atoms with Gasteiger partial charge in [0.1, 0.15) is 0 Å². The van der Waals surface area contributed by atoms with Crippen molar-refractivity contribution in [1.29, 1.82) is 0 Å². The third kappa shape index (κ3) is 4.83. The average Bonchev–Trinajstić information content (AvgIpc) is 3.14. The maximum absolute atomic E-state index is 11.3. The van der Waals surface area contributed by atoms with Crippen molar-refractivity contribution in [2.45, 2.75) is 13.8 Å². The van der Waals surface area contributed by atoms with Crippen LogP contribution in [0.2, 0.25) is 4.34 Å². The zero-order valence-corrected chi connectivity index (χ0v) is 17.5. The van der Waals surface area contributed by atoms with Crippen molar-refractivity contribution in [2.24, 2.45) is 0 Å². The summed E-state index contributed by atoms with van der Waals surface area (Å²) in [6, 6.07) is 7.00. The zero-order valence-electron chi connectivity index (χ0n) is 14.9. The van der Waals surface area contributed by atoms with E-state index in [1.54, 1.807) is 30.5 Å². The molecule has 0 aliphatic heterocycles. The molecule has 3 aromatic rings. The standard InChI is InChI=1S/C16H13ClN2O4S.Na.H/c1-3-21-13-7-4-10(8-18-13)15-19-16(22-9(2)20)14(23-15)11-5-6-12(17)24-11;;/h4-8H,3H2,1-2H3;;/q;+1;-1. The van der Waals surface area contributed by atoms with Crippen molar-refractivity contribution in [3.8, 4) is 33.9 Å². The molecule has 0 saturated heterocycles. The minimum Gasteiger partial charge on any atom is -1.00 e. The van der Waals surface area contributed by atoms with E-state index in [1.165, 1.54) is 18.3 Å². The first-order valence-corrected chi connectivity index (χ1v) is 8.30. The second-order valence-electron chi connectivity index (χ2n) is 4.67. The summed E-state index contributed by atoms with van der Waals surface area (Å²) >= 11 is 7.27. The molecule has 0 bridgehead atoms. The summed E-state index contributed by atoms with van der Waals surface area (Å²) in [4.78, 5) is 20.5. The molecule has 0 spiro atoms. The van der Waals surface area contributed by atoms with Crippen LogP contribution in [0.15, 0.2) is 34.9 Å². The summed E-state index contributed by atoms with van der Waals surface area (Å²) in [5, 5.41) is 0. The van der Waals surface area contributed by atoms with E-state index in [-0.39, 0.29) is 36.9 Å². The van der Waals surface area contributed by atoms with Crippen LogP contribution in [-0.4, -0.2) is 22.5 Å². The molecule has 6 nitrogen and oxygen atoms in total. The van der Waals surface area contributed by atoms with Gasteiger partial charge in [-0.15, -0.1) is 11.3 Å². The van der Waals surface area contributed by atoms with E-state index in [0.29, 0.717) is 38.9 Å². The molecule has 0 N–H and O–H groups in total. The Hall–Kier alpha value is -1.38. The number of pyridine rings is 1. The first kappa shape index (κ1) is 19.9. The van der Waals surface area contributed by atoms with E-state index in [0.717, 1.165) is 0 Å². The van der Waals surface area contributed by atoms with Crippen molar-refractivity contribution in [3.63, 3.8) is 0 Å². The SMILES string of the molecule is CCOc1ccc(-c2nc(OC(C)=O)c(-c3ccc(Cl)s3)o2)cn1.[H-].[Na+]. The van der Waals surface area contributed by atoms with Gasteiger partial charge in [0.15, 0.2) is 0 Å². The van der Waals surface area contributed by atoms with Gasteiger partial charge in [-0.2, -0.15) is 4.98 Å². The molecule has 0 atom stereocenters. The Bertz CT molecular complexity index is 870. The number of hydrogen-bond donors (Lipinski definition) is 0. The molecule has 0 radical (unpaired) electrons. The molecule has 25 heavy (non-hydrogen) atoms. The number of nitrogens with zero attached hydrogens (tertiary/aromatic N) is 2. The minimum absolute atomic E-state index is 0. The molecule has 0 aliphatic carbocycles. The second kappa shape index (κ2) is 8.82. The van der Waals surface area contributed by atoms with Crippen LogP contribution in [0.4, 0.5) is 0 Å². The number of thiophene rings is 1. The fourth-order valence-electron chi connectivity index (χ4n) is 1.97. The van der Waals surface area contributed by atoms with E-state index in [9.17, 15) is 4.79 Å². The van der Waals surface area contributed by atoms with Gasteiger partial charge in [-0.3, -0.25) is 4.79 Å². The molecule has 9 heteroatoms. The monoisotopic (exact) mass is 388 g/mol. The molecule has 0 aromatic carbocycles. The maximum atomic E-state index is 11.3. The smallest absolute Gasteiger partial charge is 1.00 e. The van der Waals surface area contributed by atoms with Crippen molar-refractivity contribution in [1.82, 2.24) is 9.97 Å². The van der Waals surface area contributed by atoms with Crippen molar-refractivity contribution in [2.75, 3.05) is 6.61 Å². The second-order valence-corrected chi connectivity index (χ2v) is 6.38. The van der Waals surface area contributed by atoms with Crippen molar-refractivity contribution in [3.05, 3.63) is 34.8 Å². The first-order chi connectivity index (χ1) is 11.6. The number of carbonyl (C=O) groups is 1. The van der Waals surface area contributed by atoms with Crippen LogP contribution < -0.4 is 39.0 Å². The summed E-state index contributed by atoms with van der Waals surface area (Å²) in [7, 11) is 0. The van der Waals surface area contributed by atoms with E-state index in [2.05, 4.69) is 9.97 Å². The summed E-state index contributed by atoms with van der Waals surface area (Å²) in [6.45, 7) is 3.72. The summed E-state index contributed by atoms with van der Waals surface area (Å²) < 4.78 is 16.8. The van der Waals surface area contributed by atoms with Crippen molar-refractivity contribution < 1.29 is 49.7 Å². The van der Waals surface area contributed by atoms with Gasteiger partial charge >= 0.3 is 35.5 Å². The Morgan fingerprint density at radius 1 is 1.36 bits per heavy atom. The molecule has 126 valence electrons. The predicted molar refractivity (Wildman–Crippen MR) is 91.6 cm³/mol. The average molecular weight is 389 g/mol. The third-order valence-corrected chi connectivity index (χ3v) is 4.14. The Labute approximate surface area is 176 Å². The molecule has 0 unspecified atom stereocenters. The number of hydrogen-bond acceptors (Lipinski definition) is 7. The normalized spacial score (nSPS) is 10.2. The maximum Gasteiger partial charge on any atom is 1.00 e. The van der Waals surface area contributed by atoms with Gasteiger partial charge in [0.25, 0.3) is 5.88 Å². The number of ether oxygens (including phenoxy) is 2. The minimum atomic E-state index is -0.483. The molecular weight excluding hydrogens is 375 g/mol. The zero-order chi connectivity index (χ0) is 17.1. The molecule has 0 fully saturated rings. The van der Waals surface area contributed by atoms with Gasteiger partial charge in [0.2, 0.25) is 17.5 Å². The molecule has 3 heterocycles. The van der Waals surface area contributed by atoms with Gasteiger partial charge < -0.3 is 15.3 Å². The summed E-state index contributed by atoms with van der Waals surface area (Å²) in [6.07, 6.45) is 1.58. The Balaban J connectivity index is 0.00000169. The van der Waals surface area contributed by atoms with E-state index in [4.69, 9.17) is 25.5 Å². The first-order valence-electron chi connectivity index (χ1n) is 7.11. The number of halogens is 1. The predicted octanol–water partition coefficient (Wildman–Crippen LogP) is 1.56. The van der Waals surface area contributed by atoms with Crippen molar-refractivity contribution >= 4 is 28.9 Å². The summed E-state index contributed by atoms with van der Waals surface area (Å²) in [5.41, 5.74) is 0.640. The van der Waals surface area contributed by atoms with Crippen LogP contribution >= 0.6 is 22.9 Å². The molecule has 0 amide bonds. The third-order valence-electron chi connectivity index (χ3n) is 2.91. The van der Waals surface area contributed by atoms with Crippen LogP contribution in [0.3, 0.4) is 0 Å². The molecule has 3 aromatic heterocycles. The number of carbonyl (C=O) groups excluding carboxylic acids is 1. The quantitative estimate of drug-likeness (QED) is 0.488.